The zero-order valence-electron chi connectivity index (χ0n) is 15.4. The summed E-state index contributed by atoms with van der Waals surface area (Å²) in [6, 6.07) is 9.27. The molecule has 0 N–H and O–H groups in total. The van der Waals surface area contributed by atoms with Gasteiger partial charge in [0.15, 0.2) is 0 Å². The molecule has 2 aromatic rings. The van der Waals surface area contributed by atoms with Crippen LogP contribution in [0.4, 0.5) is 0 Å². The van der Waals surface area contributed by atoms with Crippen LogP contribution in [0.25, 0.3) is 0 Å². The summed E-state index contributed by atoms with van der Waals surface area (Å²) in [5.41, 5.74) is 1.11. The van der Waals surface area contributed by atoms with Gasteiger partial charge in [0.2, 0.25) is 10.0 Å². The van der Waals surface area contributed by atoms with Gasteiger partial charge in [0, 0.05) is 25.5 Å². The average Bonchev–Trinajstić information content (AvgIpc) is 2.62. The molecule has 1 aromatic heterocycles. The van der Waals surface area contributed by atoms with Crippen LogP contribution in [0, 0.1) is 0 Å². The van der Waals surface area contributed by atoms with Crippen molar-refractivity contribution in [3.05, 3.63) is 48.3 Å². The third-order valence-corrected chi connectivity index (χ3v) is 6.49. The molecule has 0 bridgehead atoms. The molecule has 0 spiro atoms. The van der Waals surface area contributed by atoms with Gasteiger partial charge in [-0.05, 0) is 42.0 Å². The molecule has 3 rings (SSSR count). The number of aromatic nitrogens is 2. The molecule has 0 amide bonds. The van der Waals surface area contributed by atoms with Gasteiger partial charge in [0.05, 0.1) is 4.90 Å². The van der Waals surface area contributed by atoms with Crippen LogP contribution < -0.4 is 4.74 Å². The van der Waals surface area contributed by atoms with Gasteiger partial charge in [-0.15, -0.1) is 0 Å². The van der Waals surface area contributed by atoms with E-state index in [9.17, 15) is 8.42 Å². The first kappa shape index (κ1) is 18.8. The lowest BCUT2D eigenvalue weighted by molar-refractivity contribution is 0.124. The maximum absolute atomic E-state index is 12.9. The molecular formula is C19H25N3O3S. The maximum atomic E-state index is 12.9. The second-order valence-corrected chi connectivity index (χ2v) is 9.46. The number of ether oxygens (including phenoxy) is 1. The molecular weight excluding hydrogens is 350 g/mol. The molecule has 26 heavy (non-hydrogen) atoms. The molecule has 1 saturated heterocycles. The normalized spacial score (nSPS) is 17.2. The number of hydrogen-bond donors (Lipinski definition) is 0. The summed E-state index contributed by atoms with van der Waals surface area (Å²) in [6.07, 6.45) is 4.44. The smallest absolute Gasteiger partial charge is 0.316 e. The zero-order chi connectivity index (χ0) is 18.8. The molecule has 140 valence electrons. The SMILES string of the molecule is CC(C)(C)c1ccc(S(=O)(=O)N2CCC(Oc3ncccn3)CC2)cc1. The number of sulfonamides is 1. The Hall–Kier alpha value is -1.99. The summed E-state index contributed by atoms with van der Waals surface area (Å²) >= 11 is 0. The highest BCUT2D eigenvalue weighted by Crippen LogP contribution is 2.26. The molecule has 6 nitrogen and oxygen atoms in total. The first-order valence-electron chi connectivity index (χ1n) is 8.81. The Labute approximate surface area is 155 Å². The van der Waals surface area contributed by atoms with Crippen molar-refractivity contribution < 1.29 is 13.2 Å². The van der Waals surface area contributed by atoms with Crippen molar-refractivity contribution in [2.24, 2.45) is 0 Å². The maximum Gasteiger partial charge on any atom is 0.316 e. The fraction of sp³-hybridized carbons (Fsp3) is 0.474. The van der Waals surface area contributed by atoms with E-state index in [-0.39, 0.29) is 11.5 Å². The molecule has 7 heteroatoms. The largest absolute Gasteiger partial charge is 0.460 e. The predicted molar refractivity (Wildman–Crippen MR) is 99.6 cm³/mol. The van der Waals surface area contributed by atoms with E-state index in [1.54, 1.807) is 30.6 Å². The Morgan fingerprint density at radius 3 is 2.15 bits per heavy atom. The molecule has 0 radical (unpaired) electrons. The van der Waals surface area contributed by atoms with E-state index in [4.69, 9.17) is 4.74 Å². The summed E-state index contributed by atoms with van der Waals surface area (Å²) in [5.74, 6) is 0. The summed E-state index contributed by atoms with van der Waals surface area (Å²) < 4.78 is 33.0. The molecule has 0 unspecified atom stereocenters. The van der Waals surface area contributed by atoms with Gasteiger partial charge in [0.1, 0.15) is 6.10 Å². The molecule has 1 fully saturated rings. The van der Waals surface area contributed by atoms with Gasteiger partial charge in [0.25, 0.3) is 0 Å². The van der Waals surface area contributed by atoms with E-state index < -0.39 is 10.0 Å². The van der Waals surface area contributed by atoms with Gasteiger partial charge in [-0.25, -0.2) is 18.4 Å². The first-order chi connectivity index (χ1) is 12.3. The van der Waals surface area contributed by atoms with Crippen LogP contribution in [0.3, 0.4) is 0 Å². The monoisotopic (exact) mass is 375 g/mol. The van der Waals surface area contributed by atoms with Crippen molar-refractivity contribution >= 4 is 10.0 Å². The van der Waals surface area contributed by atoms with Crippen LogP contribution in [0.15, 0.2) is 47.6 Å². The highest BCUT2D eigenvalue weighted by molar-refractivity contribution is 7.89. The molecule has 1 aromatic carbocycles. The zero-order valence-corrected chi connectivity index (χ0v) is 16.2. The highest BCUT2D eigenvalue weighted by Gasteiger charge is 2.30. The predicted octanol–water partition coefficient (Wildman–Crippen LogP) is 3.01. The highest BCUT2D eigenvalue weighted by atomic mass is 32.2. The molecule has 1 aliphatic rings. The van der Waals surface area contributed by atoms with E-state index in [0.29, 0.717) is 36.8 Å². The van der Waals surface area contributed by atoms with Crippen LogP contribution in [0.2, 0.25) is 0 Å². The minimum atomic E-state index is -3.47. The van der Waals surface area contributed by atoms with E-state index in [2.05, 4.69) is 30.7 Å². The van der Waals surface area contributed by atoms with Gasteiger partial charge in [-0.1, -0.05) is 32.9 Å². The van der Waals surface area contributed by atoms with Gasteiger partial charge < -0.3 is 4.74 Å². The van der Waals surface area contributed by atoms with Crippen molar-refractivity contribution in [3.63, 3.8) is 0 Å². The van der Waals surface area contributed by atoms with E-state index >= 15 is 0 Å². The second kappa shape index (κ2) is 7.32. The third-order valence-electron chi connectivity index (χ3n) is 4.57. The molecule has 0 saturated carbocycles. The summed E-state index contributed by atoms with van der Waals surface area (Å²) in [5, 5.41) is 0. The van der Waals surface area contributed by atoms with Crippen LogP contribution in [-0.4, -0.2) is 41.9 Å². The average molecular weight is 375 g/mol. The summed E-state index contributed by atoms with van der Waals surface area (Å²) in [4.78, 5) is 8.45. The number of nitrogens with zero attached hydrogens (tertiary/aromatic N) is 3. The Balaban J connectivity index is 1.64. The van der Waals surface area contributed by atoms with Crippen molar-refractivity contribution in [1.82, 2.24) is 14.3 Å². The Morgan fingerprint density at radius 1 is 1.04 bits per heavy atom. The van der Waals surface area contributed by atoms with Crippen LogP contribution in [-0.2, 0) is 15.4 Å². The van der Waals surface area contributed by atoms with Gasteiger partial charge in [-0.3, -0.25) is 0 Å². The first-order valence-corrected chi connectivity index (χ1v) is 10.3. The molecule has 0 aliphatic carbocycles. The number of rotatable bonds is 4. The van der Waals surface area contributed by atoms with E-state index in [0.717, 1.165) is 5.56 Å². The topological polar surface area (TPSA) is 72.4 Å². The summed E-state index contributed by atoms with van der Waals surface area (Å²) in [7, 11) is -3.47. The minimum Gasteiger partial charge on any atom is -0.460 e. The van der Waals surface area contributed by atoms with Crippen LogP contribution >= 0.6 is 0 Å². The number of hydrogen-bond acceptors (Lipinski definition) is 5. The Kier molecular flexibility index (Phi) is 5.29. The number of piperidine rings is 1. The number of benzene rings is 1. The summed E-state index contributed by atoms with van der Waals surface area (Å²) in [6.45, 7) is 7.19. The standard InChI is InChI=1S/C19H25N3O3S/c1-19(2,3)15-5-7-17(8-6-15)26(23,24)22-13-9-16(10-14-22)25-18-20-11-4-12-21-18/h4-8,11-12,16H,9-10,13-14H2,1-3H3. The minimum absolute atomic E-state index is 0.00249. The van der Waals surface area contributed by atoms with E-state index in [1.165, 1.54) is 4.31 Å². The third kappa shape index (κ3) is 4.22. The van der Waals surface area contributed by atoms with Crippen LogP contribution in [0.5, 0.6) is 6.01 Å². The molecule has 0 atom stereocenters. The van der Waals surface area contributed by atoms with Gasteiger partial charge >= 0.3 is 6.01 Å². The molecule has 2 heterocycles. The van der Waals surface area contributed by atoms with Gasteiger partial charge in [-0.2, -0.15) is 4.31 Å². The van der Waals surface area contributed by atoms with Crippen LogP contribution in [0.1, 0.15) is 39.2 Å². The Bertz CT molecular complexity index is 823. The quantitative estimate of drug-likeness (QED) is 0.821. The Morgan fingerprint density at radius 2 is 1.62 bits per heavy atom. The fourth-order valence-electron chi connectivity index (χ4n) is 2.96. The van der Waals surface area contributed by atoms with Crippen molar-refractivity contribution in [2.45, 2.75) is 50.0 Å². The lowest BCUT2D eigenvalue weighted by atomic mass is 9.87. The second-order valence-electron chi connectivity index (χ2n) is 7.53. The molecule has 1 aliphatic heterocycles. The van der Waals surface area contributed by atoms with Crippen molar-refractivity contribution in [1.29, 1.82) is 0 Å². The lowest BCUT2D eigenvalue weighted by Crippen LogP contribution is -2.41. The fourth-order valence-corrected chi connectivity index (χ4v) is 4.43. The van der Waals surface area contributed by atoms with Crippen molar-refractivity contribution in [3.8, 4) is 6.01 Å². The van der Waals surface area contributed by atoms with E-state index in [1.807, 2.05) is 12.1 Å². The van der Waals surface area contributed by atoms with Crippen molar-refractivity contribution in [2.75, 3.05) is 13.1 Å². The lowest BCUT2D eigenvalue weighted by Gasteiger charge is -2.31.